The van der Waals surface area contributed by atoms with E-state index in [1.165, 1.54) is 35.7 Å². The fraction of sp³-hybridized carbons (Fsp3) is 0. The van der Waals surface area contributed by atoms with Crippen LogP contribution in [0.3, 0.4) is 0 Å². The molecule has 82 valence electrons. The van der Waals surface area contributed by atoms with E-state index in [4.69, 9.17) is 16.7 Å². The molecule has 0 fully saturated rings. The number of carboxylic acid groups (broad SMARTS) is 1. The Morgan fingerprint density at radius 3 is 2.94 bits per heavy atom. The third kappa shape index (κ3) is 2.52. The fourth-order valence-corrected chi connectivity index (χ4v) is 2.70. The molecule has 0 radical (unpaired) electrons. The van der Waals surface area contributed by atoms with Gasteiger partial charge in [0.1, 0.15) is 6.33 Å². The van der Waals surface area contributed by atoms with Gasteiger partial charge in [-0.3, -0.25) is 0 Å². The lowest BCUT2D eigenvalue weighted by molar-refractivity contribution is 0.0697. The molecule has 0 atom stereocenters. The maximum absolute atomic E-state index is 10.9. The zero-order valence-corrected chi connectivity index (χ0v) is 10.1. The summed E-state index contributed by atoms with van der Waals surface area (Å²) >= 11 is 8.37. The van der Waals surface area contributed by atoms with Gasteiger partial charge in [0.25, 0.3) is 0 Å². The average molecular weight is 273 g/mol. The van der Waals surface area contributed by atoms with Gasteiger partial charge >= 0.3 is 5.97 Å². The molecule has 0 saturated heterocycles. The zero-order valence-electron chi connectivity index (χ0n) is 7.75. The average Bonchev–Trinajstić information content (AvgIpc) is 2.73. The van der Waals surface area contributed by atoms with Gasteiger partial charge in [-0.05, 0) is 29.7 Å². The van der Waals surface area contributed by atoms with Crippen molar-refractivity contribution in [3.8, 4) is 0 Å². The molecule has 0 saturated carbocycles. The molecule has 1 N–H and O–H groups in total. The summed E-state index contributed by atoms with van der Waals surface area (Å²) in [6.45, 7) is 0. The van der Waals surface area contributed by atoms with E-state index in [2.05, 4.69) is 9.36 Å². The van der Waals surface area contributed by atoms with Crippen LogP contribution in [-0.4, -0.2) is 20.4 Å². The molecule has 16 heavy (non-hydrogen) atoms. The van der Waals surface area contributed by atoms with E-state index in [0.717, 1.165) is 9.24 Å². The Bertz CT molecular complexity index is 516. The summed E-state index contributed by atoms with van der Waals surface area (Å²) < 4.78 is 4.62. The maximum atomic E-state index is 10.9. The molecule has 0 aliphatic carbocycles. The highest BCUT2D eigenvalue weighted by Gasteiger charge is 2.10. The summed E-state index contributed by atoms with van der Waals surface area (Å²) in [6.07, 6.45) is 1.46. The van der Waals surface area contributed by atoms with Crippen LogP contribution in [-0.2, 0) is 0 Å². The van der Waals surface area contributed by atoms with Gasteiger partial charge in [-0.15, -0.1) is 0 Å². The highest BCUT2D eigenvalue weighted by molar-refractivity contribution is 8.01. The summed E-state index contributed by atoms with van der Waals surface area (Å²) in [5.74, 6) is -1.04. The molecule has 0 spiro atoms. The minimum absolute atomic E-state index is 0.0937. The molecule has 2 rings (SSSR count). The molecule has 1 aromatic heterocycles. The Labute approximate surface area is 104 Å². The molecule has 0 aliphatic rings. The summed E-state index contributed by atoms with van der Waals surface area (Å²) in [7, 11) is 0. The van der Waals surface area contributed by atoms with Crippen LogP contribution in [0.15, 0.2) is 33.8 Å². The van der Waals surface area contributed by atoms with E-state index in [9.17, 15) is 4.79 Å². The van der Waals surface area contributed by atoms with Crippen molar-refractivity contribution < 1.29 is 9.90 Å². The molecule has 0 aliphatic heterocycles. The van der Waals surface area contributed by atoms with Crippen molar-refractivity contribution in [1.82, 2.24) is 9.36 Å². The van der Waals surface area contributed by atoms with Crippen molar-refractivity contribution in [2.45, 2.75) is 9.24 Å². The van der Waals surface area contributed by atoms with E-state index in [0.29, 0.717) is 0 Å². The maximum Gasteiger partial charge on any atom is 0.337 e. The highest BCUT2D eigenvalue weighted by Crippen LogP contribution is 2.30. The quantitative estimate of drug-likeness (QED) is 0.930. The molecule has 0 unspecified atom stereocenters. The van der Waals surface area contributed by atoms with Gasteiger partial charge < -0.3 is 5.11 Å². The van der Waals surface area contributed by atoms with Crippen LogP contribution in [0.25, 0.3) is 0 Å². The van der Waals surface area contributed by atoms with Crippen molar-refractivity contribution in [3.63, 3.8) is 0 Å². The number of carbonyl (C=O) groups is 1. The van der Waals surface area contributed by atoms with E-state index >= 15 is 0 Å². The van der Waals surface area contributed by atoms with Crippen molar-refractivity contribution in [2.24, 2.45) is 0 Å². The van der Waals surface area contributed by atoms with E-state index < -0.39 is 5.97 Å². The van der Waals surface area contributed by atoms with Crippen LogP contribution >= 0.6 is 34.9 Å². The summed E-state index contributed by atoms with van der Waals surface area (Å²) in [5.41, 5.74) is 0.0937. The van der Waals surface area contributed by atoms with Gasteiger partial charge in [-0.25, -0.2) is 9.78 Å². The minimum Gasteiger partial charge on any atom is -0.478 e. The number of hydrogen-bond acceptors (Lipinski definition) is 5. The van der Waals surface area contributed by atoms with E-state index in [-0.39, 0.29) is 10.6 Å². The Morgan fingerprint density at radius 2 is 2.31 bits per heavy atom. The number of aromatic nitrogens is 2. The van der Waals surface area contributed by atoms with Gasteiger partial charge in [0.15, 0.2) is 4.34 Å². The zero-order chi connectivity index (χ0) is 11.5. The first kappa shape index (κ1) is 11.4. The van der Waals surface area contributed by atoms with Gasteiger partial charge in [-0.1, -0.05) is 23.4 Å². The molecule has 4 nitrogen and oxygen atoms in total. The smallest absolute Gasteiger partial charge is 0.337 e. The fourth-order valence-electron chi connectivity index (χ4n) is 1.04. The summed E-state index contributed by atoms with van der Waals surface area (Å²) in [5, 5.41) is 9.13. The SMILES string of the molecule is O=C(O)c1cc(Sc2ncns2)ccc1Cl. The van der Waals surface area contributed by atoms with E-state index in [1.54, 1.807) is 12.1 Å². The first-order valence-corrected chi connectivity index (χ1v) is 6.11. The van der Waals surface area contributed by atoms with Crippen LogP contribution in [0.2, 0.25) is 5.02 Å². The Hall–Kier alpha value is -1.11. The number of benzene rings is 1. The number of nitrogens with zero attached hydrogens (tertiary/aromatic N) is 2. The lowest BCUT2D eigenvalue weighted by Crippen LogP contribution is -1.97. The van der Waals surface area contributed by atoms with Crippen LogP contribution in [0.4, 0.5) is 0 Å². The molecule has 1 heterocycles. The van der Waals surface area contributed by atoms with Gasteiger partial charge in [0.05, 0.1) is 10.6 Å². The topological polar surface area (TPSA) is 63.1 Å². The Balaban J connectivity index is 2.29. The standard InChI is InChI=1S/C9H5ClN2O2S2/c10-7-2-1-5(3-6(7)8(13)14)15-9-11-4-12-16-9/h1-4H,(H,13,14). The predicted molar refractivity (Wildman–Crippen MR) is 62.4 cm³/mol. The molecule has 0 amide bonds. The Kier molecular flexibility index (Phi) is 3.42. The monoisotopic (exact) mass is 272 g/mol. The third-order valence-electron chi connectivity index (χ3n) is 1.71. The molecular formula is C9H5ClN2O2S2. The van der Waals surface area contributed by atoms with Crippen molar-refractivity contribution in [3.05, 3.63) is 35.1 Å². The summed E-state index contributed by atoms with van der Waals surface area (Å²) in [6, 6.07) is 4.84. The largest absolute Gasteiger partial charge is 0.478 e. The lowest BCUT2D eigenvalue weighted by atomic mass is 10.2. The number of rotatable bonds is 3. The predicted octanol–water partition coefficient (Wildman–Crippen LogP) is 3.04. The van der Waals surface area contributed by atoms with Crippen LogP contribution < -0.4 is 0 Å². The van der Waals surface area contributed by atoms with Crippen molar-refractivity contribution in [2.75, 3.05) is 0 Å². The number of halogens is 1. The third-order valence-corrected chi connectivity index (χ3v) is 3.75. The highest BCUT2D eigenvalue weighted by atomic mass is 35.5. The molecule has 2 aromatic rings. The van der Waals surface area contributed by atoms with Crippen molar-refractivity contribution in [1.29, 1.82) is 0 Å². The second-order valence-electron chi connectivity index (χ2n) is 2.76. The number of aromatic carboxylic acids is 1. The Morgan fingerprint density at radius 1 is 1.50 bits per heavy atom. The van der Waals surface area contributed by atoms with E-state index in [1.807, 2.05) is 0 Å². The second-order valence-corrected chi connectivity index (χ2v) is 5.26. The van der Waals surface area contributed by atoms with Gasteiger partial charge in [0, 0.05) is 4.90 Å². The molecule has 0 bridgehead atoms. The first-order chi connectivity index (χ1) is 7.66. The van der Waals surface area contributed by atoms with Crippen LogP contribution in [0.1, 0.15) is 10.4 Å². The molecular weight excluding hydrogens is 268 g/mol. The molecule has 7 heteroatoms. The van der Waals surface area contributed by atoms with Crippen LogP contribution in [0.5, 0.6) is 0 Å². The molecule has 1 aromatic carbocycles. The number of carboxylic acids is 1. The van der Waals surface area contributed by atoms with Gasteiger partial charge in [0.2, 0.25) is 0 Å². The lowest BCUT2D eigenvalue weighted by Gasteiger charge is -2.01. The van der Waals surface area contributed by atoms with Crippen molar-refractivity contribution >= 4 is 40.9 Å². The first-order valence-electron chi connectivity index (χ1n) is 4.14. The second kappa shape index (κ2) is 4.82. The summed E-state index contributed by atoms with van der Waals surface area (Å²) in [4.78, 5) is 15.6. The van der Waals surface area contributed by atoms with Crippen LogP contribution in [0, 0.1) is 0 Å². The number of hydrogen-bond donors (Lipinski definition) is 1. The van der Waals surface area contributed by atoms with Gasteiger partial charge in [-0.2, -0.15) is 4.37 Å². The minimum atomic E-state index is -1.04. The normalized spacial score (nSPS) is 10.3.